The summed E-state index contributed by atoms with van der Waals surface area (Å²) in [5, 5.41) is 12.8. The van der Waals surface area contributed by atoms with E-state index in [0.717, 1.165) is 59.5 Å². The molecule has 2 heterocycles. The van der Waals surface area contributed by atoms with Gasteiger partial charge in [-0.3, -0.25) is 19.2 Å². The number of amides is 1. The van der Waals surface area contributed by atoms with E-state index < -0.39 is 5.97 Å². The lowest BCUT2D eigenvalue weighted by atomic mass is 9.96. The largest absolute Gasteiger partial charge is 0.481 e. The van der Waals surface area contributed by atoms with Gasteiger partial charge in [0.2, 0.25) is 5.91 Å². The van der Waals surface area contributed by atoms with Gasteiger partial charge in [0, 0.05) is 12.8 Å². The van der Waals surface area contributed by atoms with Crippen LogP contribution in [0.2, 0.25) is 0 Å². The summed E-state index contributed by atoms with van der Waals surface area (Å²) < 4.78 is 0. The van der Waals surface area contributed by atoms with Gasteiger partial charge in [-0.05, 0) is 49.7 Å². The average molecular weight is 647 g/mol. The first-order chi connectivity index (χ1) is 21.7. The molecule has 45 heavy (non-hydrogen) atoms. The fraction of sp³-hybridized carbons (Fsp3) is 0.353. The third-order valence-corrected chi connectivity index (χ3v) is 9.64. The second-order valence-electron chi connectivity index (χ2n) is 10.7. The molecule has 6 rings (SSSR count). The monoisotopic (exact) mass is 646 g/mol. The number of nitrogens with one attached hydrogen (secondary N) is 1. The average Bonchev–Trinajstić information content (AvgIpc) is 3.63. The number of aromatic nitrogens is 2. The predicted octanol–water partition coefficient (Wildman–Crippen LogP) is 7.30. The summed E-state index contributed by atoms with van der Waals surface area (Å²) in [5.41, 5.74) is 9.10. The minimum absolute atomic E-state index is 0.0627. The second-order valence-corrected chi connectivity index (χ2v) is 12.8. The van der Waals surface area contributed by atoms with E-state index in [1.54, 1.807) is 0 Å². The van der Waals surface area contributed by atoms with Gasteiger partial charge in [0.15, 0.2) is 21.8 Å². The molecular weight excluding hydrogens is 609 g/mol. The Morgan fingerprint density at radius 3 is 1.73 bits per heavy atom. The summed E-state index contributed by atoms with van der Waals surface area (Å²) in [5.74, 6) is -1.00. The number of carboxylic acids is 1. The first-order valence-electron chi connectivity index (χ1n) is 15.2. The molecule has 2 aromatic carbocycles. The summed E-state index contributed by atoms with van der Waals surface area (Å²) in [6, 6.07) is 19.0. The van der Waals surface area contributed by atoms with E-state index in [1.807, 2.05) is 74.5 Å². The number of aliphatic carboxylic acids is 1. The number of fused-ring (bicyclic) bond motifs is 2. The van der Waals surface area contributed by atoms with Crippen LogP contribution in [-0.4, -0.2) is 38.5 Å². The lowest BCUT2D eigenvalue weighted by Gasteiger charge is -2.14. The first kappa shape index (κ1) is 33.7. The summed E-state index contributed by atoms with van der Waals surface area (Å²) in [7, 11) is 0. The van der Waals surface area contributed by atoms with Crippen molar-refractivity contribution in [2.75, 3.05) is 11.1 Å². The molecule has 4 aromatic rings. The number of Topliss-reactive ketones (excluding diaryl/α,β-unsaturated/α-hetero) is 2. The molecule has 0 spiro atoms. The topological polar surface area (TPSA) is 152 Å². The Morgan fingerprint density at radius 2 is 1.27 bits per heavy atom. The zero-order valence-corrected chi connectivity index (χ0v) is 27.1. The van der Waals surface area contributed by atoms with Gasteiger partial charge in [-0.1, -0.05) is 97.2 Å². The predicted molar refractivity (Wildman–Crippen MR) is 178 cm³/mol. The number of benzene rings is 2. The molecule has 0 fully saturated rings. The number of carboxylic acid groups (broad SMARTS) is 1. The van der Waals surface area contributed by atoms with Crippen molar-refractivity contribution < 1.29 is 24.3 Å². The van der Waals surface area contributed by atoms with Gasteiger partial charge in [0.25, 0.3) is 0 Å². The Balaban J connectivity index is 0.000000169. The lowest BCUT2D eigenvalue weighted by molar-refractivity contribution is -0.138. The number of hydrogen-bond donors (Lipinski definition) is 3. The molecule has 0 radical (unpaired) electrons. The van der Waals surface area contributed by atoms with E-state index in [4.69, 9.17) is 10.8 Å². The Morgan fingerprint density at radius 1 is 0.778 bits per heavy atom. The minimum Gasteiger partial charge on any atom is -0.481 e. The molecule has 236 valence electrons. The van der Waals surface area contributed by atoms with Crippen molar-refractivity contribution in [2.45, 2.75) is 77.0 Å². The van der Waals surface area contributed by atoms with Crippen molar-refractivity contribution in [2.24, 2.45) is 0 Å². The Hall–Kier alpha value is -4.22. The number of carbonyl (C=O) groups is 4. The van der Waals surface area contributed by atoms with E-state index in [1.165, 1.54) is 22.7 Å². The number of ketones is 2. The van der Waals surface area contributed by atoms with Crippen LogP contribution in [0.3, 0.4) is 0 Å². The number of anilines is 2. The normalized spacial score (nSPS) is 14.8. The maximum atomic E-state index is 12.5. The van der Waals surface area contributed by atoms with Gasteiger partial charge in [0.1, 0.15) is 0 Å². The molecule has 0 bridgehead atoms. The van der Waals surface area contributed by atoms with Crippen LogP contribution in [0, 0.1) is 0 Å². The standard InChI is InChI=1S/C17H18N2O2S.C10H12O2.C7H8N2OS/c1-2-12(11-7-4-3-5-8-11)16(21)19-17-18-13-9-6-10-14(20)15(13)22-17;1-2-9(10(11)12)8-6-4-3-5-7-8;8-7-9-4-2-1-3-5(10)6(4)11-7/h3-5,7-8,12H,2,6,9-10H2,1H3,(H,18,19,21);3-7,9H,2H2,1H3,(H,11,12);1-3H2,(H2,8,9). The minimum atomic E-state index is -0.747. The number of carbonyl (C=O) groups excluding carboxylic acids is 3. The van der Waals surface area contributed by atoms with Crippen LogP contribution < -0.4 is 11.1 Å². The Labute approximate surface area is 270 Å². The molecule has 1 amide bonds. The molecule has 0 saturated carbocycles. The number of nitrogens with two attached hydrogens (primary N) is 1. The summed E-state index contributed by atoms with van der Waals surface area (Å²) in [6.07, 6.45) is 6.12. The SMILES string of the molecule is CCC(C(=O)Nc1nc2c(s1)C(=O)CCC2)c1ccccc1.CCC(C(=O)O)c1ccccc1.Nc1nc2c(s1)C(=O)CCC2. The zero-order valence-electron chi connectivity index (χ0n) is 25.5. The highest BCUT2D eigenvalue weighted by molar-refractivity contribution is 7.18. The van der Waals surface area contributed by atoms with Crippen molar-refractivity contribution in [1.82, 2.24) is 9.97 Å². The summed E-state index contributed by atoms with van der Waals surface area (Å²) >= 11 is 2.62. The quantitative estimate of drug-likeness (QED) is 0.189. The molecular formula is C34H38N4O5S2. The molecule has 2 aliphatic rings. The van der Waals surface area contributed by atoms with Gasteiger partial charge >= 0.3 is 5.97 Å². The molecule has 2 aromatic heterocycles. The first-order valence-corrected chi connectivity index (χ1v) is 16.8. The van der Waals surface area contributed by atoms with Crippen LogP contribution in [0.1, 0.15) is 106 Å². The van der Waals surface area contributed by atoms with Crippen molar-refractivity contribution in [3.8, 4) is 0 Å². The molecule has 0 aliphatic heterocycles. The summed E-state index contributed by atoms with van der Waals surface area (Å²) in [4.78, 5) is 56.3. The highest BCUT2D eigenvalue weighted by atomic mass is 32.1. The molecule has 0 saturated heterocycles. The van der Waals surface area contributed by atoms with Gasteiger partial charge in [-0.25, -0.2) is 9.97 Å². The van der Waals surface area contributed by atoms with E-state index in [0.29, 0.717) is 34.4 Å². The third kappa shape index (κ3) is 8.92. The van der Waals surface area contributed by atoms with Crippen molar-refractivity contribution in [3.63, 3.8) is 0 Å². The molecule has 4 N–H and O–H groups in total. The van der Waals surface area contributed by atoms with Crippen molar-refractivity contribution in [1.29, 1.82) is 0 Å². The van der Waals surface area contributed by atoms with Crippen LogP contribution in [-0.2, 0) is 22.4 Å². The fourth-order valence-corrected chi connectivity index (χ4v) is 7.13. The van der Waals surface area contributed by atoms with E-state index in [9.17, 15) is 19.2 Å². The molecule has 2 unspecified atom stereocenters. The van der Waals surface area contributed by atoms with E-state index in [2.05, 4.69) is 15.3 Å². The van der Waals surface area contributed by atoms with Gasteiger partial charge in [-0.2, -0.15) is 0 Å². The highest BCUT2D eigenvalue weighted by Crippen LogP contribution is 2.31. The van der Waals surface area contributed by atoms with Gasteiger partial charge in [0.05, 0.1) is 33.0 Å². The van der Waals surface area contributed by atoms with Crippen molar-refractivity contribution >= 4 is 56.4 Å². The highest BCUT2D eigenvalue weighted by Gasteiger charge is 2.25. The molecule has 11 heteroatoms. The zero-order chi connectivity index (χ0) is 32.3. The maximum Gasteiger partial charge on any atom is 0.310 e. The van der Waals surface area contributed by atoms with E-state index in [-0.39, 0.29) is 29.3 Å². The third-order valence-electron chi connectivity index (χ3n) is 7.62. The van der Waals surface area contributed by atoms with Gasteiger partial charge in [-0.15, -0.1) is 0 Å². The Kier molecular flexibility index (Phi) is 12.1. The fourth-order valence-electron chi connectivity index (χ4n) is 5.30. The number of thiazole rings is 2. The van der Waals surface area contributed by atoms with Crippen LogP contribution in [0.25, 0.3) is 0 Å². The Bertz CT molecular complexity index is 1620. The van der Waals surface area contributed by atoms with Crippen molar-refractivity contribution in [3.05, 3.63) is 92.9 Å². The van der Waals surface area contributed by atoms with Crippen LogP contribution in [0.15, 0.2) is 60.7 Å². The van der Waals surface area contributed by atoms with Crippen LogP contribution in [0.5, 0.6) is 0 Å². The number of nitrogen functional groups attached to an aromatic ring is 1. The summed E-state index contributed by atoms with van der Waals surface area (Å²) in [6.45, 7) is 3.87. The van der Waals surface area contributed by atoms with Gasteiger partial charge < -0.3 is 16.2 Å². The van der Waals surface area contributed by atoms with E-state index >= 15 is 0 Å². The van der Waals surface area contributed by atoms with Crippen LogP contribution >= 0.6 is 22.7 Å². The molecule has 9 nitrogen and oxygen atoms in total. The molecule has 2 atom stereocenters. The van der Waals surface area contributed by atoms with Crippen LogP contribution in [0.4, 0.5) is 10.3 Å². The number of aryl methyl sites for hydroxylation is 2. The number of rotatable bonds is 7. The second kappa shape index (κ2) is 16.2. The number of hydrogen-bond acceptors (Lipinski definition) is 9. The molecule has 2 aliphatic carbocycles. The maximum absolute atomic E-state index is 12.5. The lowest BCUT2D eigenvalue weighted by Crippen LogP contribution is -2.20. The smallest absolute Gasteiger partial charge is 0.310 e. The number of nitrogens with zero attached hydrogens (tertiary/aromatic N) is 2.